The van der Waals surface area contributed by atoms with Gasteiger partial charge in [-0.3, -0.25) is 5.43 Å². The summed E-state index contributed by atoms with van der Waals surface area (Å²) in [5.74, 6) is 0. The Bertz CT molecular complexity index is 545. The van der Waals surface area contributed by atoms with E-state index in [1.165, 1.54) is 18.2 Å². The van der Waals surface area contributed by atoms with E-state index in [0.29, 0.717) is 5.56 Å². The Morgan fingerprint density at radius 3 is 2.39 bits per heavy atom. The van der Waals surface area contributed by atoms with Crippen molar-refractivity contribution in [3.63, 3.8) is 0 Å². The molecule has 0 saturated carbocycles. The van der Waals surface area contributed by atoms with Crippen LogP contribution in [-0.2, 0) is 6.18 Å². The number of alkyl halides is 3. The molecule has 0 amide bonds. The molecule has 0 radical (unpaired) electrons. The molecule has 1 rings (SSSR count). The van der Waals surface area contributed by atoms with Gasteiger partial charge in [0.15, 0.2) is 0 Å². The molecule has 0 heterocycles. The molecule has 0 spiro atoms. The predicted molar refractivity (Wildman–Crippen MR) is 58.5 cm³/mol. The van der Waals surface area contributed by atoms with E-state index < -0.39 is 17.5 Å². The van der Waals surface area contributed by atoms with E-state index in [-0.39, 0.29) is 5.69 Å². The summed E-state index contributed by atoms with van der Waals surface area (Å²) in [4.78, 5) is 0. The maximum absolute atomic E-state index is 12.5. The number of halogens is 3. The summed E-state index contributed by atoms with van der Waals surface area (Å²) < 4.78 is 37.4. The lowest BCUT2D eigenvalue weighted by atomic mass is 10.1. The normalized spacial score (nSPS) is 10.1. The van der Waals surface area contributed by atoms with Crippen molar-refractivity contribution < 1.29 is 13.2 Å². The number of nitrogens with zero attached hydrogens (tertiary/aromatic N) is 3. The van der Waals surface area contributed by atoms with Crippen LogP contribution in [0, 0.1) is 29.6 Å². The van der Waals surface area contributed by atoms with Gasteiger partial charge in [0.2, 0.25) is 5.71 Å². The van der Waals surface area contributed by atoms with Crippen LogP contribution in [0.25, 0.3) is 0 Å². The second-order valence-corrected chi connectivity index (χ2v) is 3.32. The lowest BCUT2D eigenvalue weighted by Gasteiger charge is -2.10. The van der Waals surface area contributed by atoms with Crippen molar-refractivity contribution in [3.05, 3.63) is 29.3 Å². The van der Waals surface area contributed by atoms with Crippen molar-refractivity contribution in [2.24, 2.45) is 5.10 Å². The van der Waals surface area contributed by atoms with Gasteiger partial charge in [0, 0.05) is 0 Å². The molecule has 7 heteroatoms. The summed E-state index contributed by atoms with van der Waals surface area (Å²) in [7, 11) is 0. The van der Waals surface area contributed by atoms with E-state index in [9.17, 15) is 13.2 Å². The first-order chi connectivity index (χ1) is 8.38. The first-order valence-electron chi connectivity index (χ1n) is 4.70. The molecule has 0 aromatic heterocycles. The molecule has 1 aromatic carbocycles. The summed E-state index contributed by atoms with van der Waals surface area (Å²) in [5.41, 5.74) is 1.58. The van der Waals surface area contributed by atoms with Gasteiger partial charge in [0.1, 0.15) is 12.1 Å². The maximum atomic E-state index is 12.5. The SMILES string of the molecule is Cc1ccc(C(F)(F)F)cc1NN=C(C#N)C#N. The minimum absolute atomic E-state index is 0.0906. The number of anilines is 1. The molecule has 0 aliphatic rings. The number of aryl methyl sites for hydroxylation is 1. The highest BCUT2D eigenvalue weighted by Crippen LogP contribution is 2.31. The van der Waals surface area contributed by atoms with Crippen molar-refractivity contribution in [1.29, 1.82) is 10.5 Å². The quantitative estimate of drug-likeness (QED) is 0.649. The predicted octanol–water partition coefficient (Wildman–Crippen LogP) is 2.83. The molecule has 0 aliphatic carbocycles. The Kier molecular flexibility index (Phi) is 3.90. The van der Waals surface area contributed by atoms with Crippen LogP contribution in [0.2, 0.25) is 0 Å². The van der Waals surface area contributed by atoms with Crippen molar-refractivity contribution in [3.8, 4) is 12.1 Å². The highest BCUT2D eigenvalue weighted by Gasteiger charge is 2.30. The van der Waals surface area contributed by atoms with Crippen LogP contribution >= 0.6 is 0 Å². The summed E-state index contributed by atoms with van der Waals surface area (Å²) in [5, 5.41) is 20.3. The van der Waals surface area contributed by atoms with Crippen molar-refractivity contribution in [2.75, 3.05) is 5.43 Å². The van der Waals surface area contributed by atoms with Gasteiger partial charge in [-0.05, 0) is 24.6 Å². The maximum Gasteiger partial charge on any atom is 0.416 e. The zero-order valence-corrected chi connectivity index (χ0v) is 9.21. The Balaban J connectivity index is 3.08. The van der Waals surface area contributed by atoms with Gasteiger partial charge in [0.25, 0.3) is 0 Å². The first kappa shape index (κ1) is 13.5. The molecule has 0 unspecified atom stereocenters. The van der Waals surface area contributed by atoms with Crippen LogP contribution in [0.5, 0.6) is 0 Å². The number of benzene rings is 1. The molecule has 18 heavy (non-hydrogen) atoms. The Morgan fingerprint density at radius 2 is 1.89 bits per heavy atom. The van der Waals surface area contributed by atoms with E-state index >= 15 is 0 Å². The third-order valence-electron chi connectivity index (χ3n) is 2.06. The highest BCUT2D eigenvalue weighted by atomic mass is 19.4. The summed E-state index contributed by atoms with van der Waals surface area (Å²) in [6, 6.07) is 6.07. The van der Waals surface area contributed by atoms with Crippen LogP contribution in [0.15, 0.2) is 23.3 Å². The average molecular weight is 252 g/mol. The second kappa shape index (κ2) is 5.19. The fourth-order valence-corrected chi connectivity index (χ4v) is 1.11. The largest absolute Gasteiger partial charge is 0.416 e. The summed E-state index contributed by atoms with van der Waals surface area (Å²) in [6.07, 6.45) is -4.46. The number of hydrogen-bond acceptors (Lipinski definition) is 4. The molecule has 4 nitrogen and oxygen atoms in total. The molecular weight excluding hydrogens is 245 g/mol. The van der Waals surface area contributed by atoms with Gasteiger partial charge in [-0.15, -0.1) is 0 Å². The minimum Gasteiger partial charge on any atom is -0.276 e. The molecule has 0 bridgehead atoms. The third kappa shape index (κ3) is 3.22. The number of nitriles is 2. The van der Waals surface area contributed by atoms with Crippen molar-refractivity contribution in [2.45, 2.75) is 13.1 Å². The molecular formula is C11H7F3N4. The molecule has 0 atom stereocenters. The van der Waals surface area contributed by atoms with Crippen LogP contribution in [0.3, 0.4) is 0 Å². The monoisotopic (exact) mass is 252 g/mol. The van der Waals surface area contributed by atoms with E-state index in [2.05, 4.69) is 10.5 Å². The zero-order chi connectivity index (χ0) is 13.8. The molecule has 0 aliphatic heterocycles. The smallest absolute Gasteiger partial charge is 0.276 e. The van der Waals surface area contributed by atoms with Crippen LogP contribution < -0.4 is 5.43 Å². The molecule has 1 aromatic rings. The Labute approximate surface area is 101 Å². The molecule has 92 valence electrons. The summed E-state index contributed by atoms with van der Waals surface area (Å²) >= 11 is 0. The van der Waals surface area contributed by atoms with Crippen molar-refractivity contribution in [1.82, 2.24) is 0 Å². The van der Waals surface area contributed by atoms with Crippen LogP contribution in [-0.4, -0.2) is 5.71 Å². The van der Waals surface area contributed by atoms with E-state index in [1.54, 1.807) is 6.92 Å². The van der Waals surface area contributed by atoms with E-state index in [0.717, 1.165) is 12.1 Å². The van der Waals surface area contributed by atoms with Crippen molar-refractivity contribution >= 4 is 11.4 Å². The second-order valence-electron chi connectivity index (χ2n) is 3.32. The van der Waals surface area contributed by atoms with Crippen LogP contribution in [0.4, 0.5) is 18.9 Å². The van der Waals surface area contributed by atoms with Crippen LogP contribution in [0.1, 0.15) is 11.1 Å². The number of nitrogens with one attached hydrogen (secondary N) is 1. The van der Waals surface area contributed by atoms with E-state index in [4.69, 9.17) is 10.5 Å². The fraction of sp³-hybridized carbons (Fsp3) is 0.182. The Morgan fingerprint density at radius 1 is 1.28 bits per heavy atom. The van der Waals surface area contributed by atoms with Gasteiger partial charge in [0.05, 0.1) is 11.3 Å². The number of hydrazone groups is 1. The standard InChI is InChI=1S/C11H7F3N4/c1-7-2-3-8(11(12,13)14)4-10(7)18-17-9(5-15)6-16/h2-4,18H,1H3. The molecule has 0 saturated heterocycles. The number of rotatable bonds is 2. The van der Waals surface area contributed by atoms with Gasteiger partial charge in [-0.25, -0.2) is 0 Å². The van der Waals surface area contributed by atoms with Gasteiger partial charge in [-0.2, -0.15) is 28.8 Å². The van der Waals surface area contributed by atoms with E-state index in [1.807, 2.05) is 0 Å². The zero-order valence-electron chi connectivity index (χ0n) is 9.21. The Hall–Kier alpha value is -2.54. The fourth-order valence-electron chi connectivity index (χ4n) is 1.11. The highest BCUT2D eigenvalue weighted by molar-refractivity contribution is 6.10. The van der Waals surface area contributed by atoms with Gasteiger partial charge >= 0.3 is 6.18 Å². The van der Waals surface area contributed by atoms with Gasteiger partial charge in [-0.1, -0.05) is 6.07 Å². The number of hydrogen-bond donors (Lipinski definition) is 1. The third-order valence-corrected chi connectivity index (χ3v) is 2.06. The lowest BCUT2D eigenvalue weighted by Crippen LogP contribution is -2.06. The molecule has 0 fully saturated rings. The topological polar surface area (TPSA) is 72.0 Å². The minimum atomic E-state index is -4.46. The first-order valence-corrected chi connectivity index (χ1v) is 4.70. The average Bonchev–Trinajstić information content (AvgIpc) is 2.31. The lowest BCUT2D eigenvalue weighted by molar-refractivity contribution is -0.137. The molecule has 1 N–H and O–H groups in total. The van der Waals surface area contributed by atoms with Gasteiger partial charge < -0.3 is 0 Å². The summed E-state index contributed by atoms with van der Waals surface area (Å²) in [6.45, 7) is 1.58.